The van der Waals surface area contributed by atoms with E-state index in [9.17, 15) is 4.39 Å². The number of halogens is 1. The second kappa shape index (κ2) is 7.75. The molecule has 150 valence electrons. The van der Waals surface area contributed by atoms with Gasteiger partial charge in [-0.3, -0.25) is 4.31 Å². The zero-order valence-electron chi connectivity index (χ0n) is 16.1. The number of hydrogen-bond donors (Lipinski definition) is 2. The van der Waals surface area contributed by atoms with E-state index in [4.69, 9.17) is 4.99 Å². The van der Waals surface area contributed by atoms with E-state index in [0.717, 1.165) is 17.9 Å². The Morgan fingerprint density at radius 2 is 1.97 bits per heavy atom. The maximum Gasteiger partial charge on any atom is 0.162 e. The molecule has 2 aromatic heterocycles. The van der Waals surface area contributed by atoms with E-state index in [1.54, 1.807) is 12.4 Å². The summed E-state index contributed by atoms with van der Waals surface area (Å²) in [6, 6.07) is 14.6. The van der Waals surface area contributed by atoms with Crippen LogP contribution in [-0.2, 0) is 0 Å². The van der Waals surface area contributed by atoms with Gasteiger partial charge in [0.2, 0.25) is 0 Å². The molecule has 0 spiro atoms. The van der Waals surface area contributed by atoms with Crippen LogP contribution in [0.5, 0.6) is 0 Å². The number of para-hydroxylation sites is 1. The molecule has 2 N–H and O–H groups in total. The Morgan fingerprint density at radius 1 is 1.10 bits per heavy atom. The third kappa shape index (κ3) is 3.26. The van der Waals surface area contributed by atoms with Crippen LogP contribution in [0.4, 0.5) is 21.6 Å². The third-order valence-electron chi connectivity index (χ3n) is 4.81. The van der Waals surface area contributed by atoms with Crippen LogP contribution in [0.1, 0.15) is 13.3 Å². The molecule has 3 heterocycles. The van der Waals surface area contributed by atoms with Crippen molar-refractivity contribution >= 4 is 46.1 Å². The number of H-pyrrole nitrogens is 1. The first-order valence-electron chi connectivity index (χ1n) is 9.55. The molecule has 0 aliphatic carbocycles. The van der Waals surface area contributed by atoms with Crippen LogP contribution >= 0.6 is 11.9 Å². The molecule has 7 nitrogen and oxygen atoms in total. The first-order valence-corrected chi connectivity index (χ1v) is 10.3. The normalized spacial score (nSPS) is 14.3. The molecule has 1 atom stereocenters. The summed E-state index contributed by atoms with van der Waals surface area (Å²) in [7, 11) is 0. The second-order valence-corrected chi connectivity index (χ2v) is 7.66. The predicted molar refractivity (Wildman–Crippen MR) is 118 cm³/mol. The van der Waals surface area contributed by atoms with Crippen molar-refractivity contribution in [1.82, 2.24) is 19.9 Å². The van der Waals surface area contributed by atoms with Gasteiger partial charge in [0.05, 0.1) is 28.6 Å². The van der Waals surface area contributed by atoms with Crippen molar-refractivity contribution < 1.29 is 4.39 Å². The predicted octanol–water partition coefficient (Wildman–Crippen LogP) is 4.94. The molecule has 0 fully saturated rings. The average molecular weight is 419 g/mol. The van der Waals surface area contributed by atoms with Gasteiger partial charge in [-0.05, 0) is 42.6 Å². The second-order valence-electron chi connectivity index (χ2n) is 6.71. The lowest BCUT2D eigenvalue weighted by Crippen LogP contribution is -2.41. The Morgan fingerprint density at radius 3 is 2.80 bits per heavy atom. The summed E-state index contributed by atoms with van der Waals surface area (Å²) in [4.78, 5) is 21.2. The van der Waals surface area contributed by atoms with Crippen LogP contribution in [0.15, 0.2) is 71.1 Å². The number of anilines is 2. The van der Waals surface area contributed by atoms with Crippen LogP contribution < -0.4 is 9.62 Å². The van der Waals surface area contributed by atoms with Crippen molar-refractivity contribution in [2.45, 2.75) is 24.3 Å². The molecule has 1 aliphatic rings. The largest absolute Gasteiger partial charge is 0.358 e. The van der Waals surface area contributed by atoms with Crippen LogP contribution in [0.2, 0.25) is 0 Å². The zero-order chi connectivity index (χ0) is 20.5. The molecular formula is C21H18FN7S. The summed E-state index contributed by atoms with van der Waals surface area (Å²) in [5, 5.41) is 3.46. The highest BCUT2D eigenvalue weighted by Gasteiger charge is 2.30. The Bertz CT molecular complexity index is 1220. The molecule has 9 heteroatoms. The number of rotatable bonds is 5. The number of nitrogens with one attached hydrogen (secondary N) is 2. The third-order valence-corrected chi connectivity index (χ3v) is 5.98. The molecule has 1 aliphatic heterocycles. The van der Waals surface area contributed by atoms with E-state index < -0.39 is 0 Å². The number of nitrogens with zero attached hydrogens (tertiary/aromatic N) is 5. The van der Waals surface area contributed by atoms with Gasteiger partial charge in [0, 0.05) is 0 Å². The molecule has 5 rings (SSSR count). The van der Waals surface area contributed by atoms with E-state index in [1.807, 2.05) is 40.7 Å². The Kier molecular flexibility index (Phi) is 4.80. The molecule has 0 radical (unpaired) electrons. The fraction of sp³-hybridized carbons (Fsp3) is 0.143. The number of benzene rings is 2. The maximum absolute atomic E-state index is 14.5. The highest BCUT2D eigenvalue weighted by molar-refractivity contribution is 8.01. The van der Waals surface area contributed by atoms with E-state index >= 15 is 0 Å². The van der Waals surface area contributed by atoms with Gasteiger partial charge < -0.3 is 10.3 Å². The van der Waals surface area contributed by atoms with Crippen molar-refractivity contribution in [3.63, 3.8) is 0 Å². The summed E-state index contributed by atoms with van der Waals surface area (Å²) >= 11 is 1.34. The number of amidine groups is 1. The van der Waals surface area contributed by atoms with Crippen molar-refractivity contribution in [2.24, 2.45) is 4.99 Å². The number of aromatic nitrogens is 4. The molecule has 30 heavy (non-hydrogen) atoms. The summed E-state index contributed by atoms with van der Waals surface area (Å²) in [6.07, 6.45) is 3.82. The number of hydrogen-bond acceptors (Lipinski definition) is 7. The molecule has 0 saturated carbocycles. The van der Waals surface area contributed by atoms with Crippen LogP contribution in [-0.4, -0.2) is 31.8 Å². The fourth-order valence-corrected chi connectivity index (χ4v) is 4.37. The Labute approximate surface area is 176 Å². The van der Waals surface area contributed by atoms with Gasteiger partial charge in [-0.2, -0.15) is 0 Å². The van der Waals surface area contributed by atoms with Crippen LogP contribution in [0, 0.1) is 5.82 Å². The van der Waals surface area contributed by atoms with E-state index in [1.165, 1.54) is 24.3 Å². The molecule has 1 unspecified atom stereocenters. The van der Waals surface area contributed by atoms with Gasteiger partial charge in [0.1, 0.15) is 23.5 Å². The summed E-state index contributed by atoms with van der Waals surface area (Å²) in [6.45, 7) is 2.07. The molecule has 0 saturated heterocycles. The Hall–Kier alpha value is -3.46. The number of aromatic amines is 1. The highest BCUT2D eigenvalue weighted by Crippen LogP contribution is 2.42. The fourth-order valence-electron chi connectivity index (χ4n) is 3.34. The van der Waals surface area contributed by atoms with Gasteiger partial charge >= 0.3 is 0 Å². The number of aliphatic imine (C=N–C) groups is 1. The monoisotopic (exact) mass is 419 g/mol. The SMILES string of the molecule is CCC(Nc1ncnc2[nH]cnc12)C1=Nc2cccc(F)c2SN1c1ccccc1. The van der Waals surface area contributed by atoms with Crippen LogP contribution in [0.3, 0.4) is 0 Å². The van der Waals surface area contributed by atoms with Crippen molar-refractivity contribution in [1.29, 1.82) is 0 Å². The van der Waals surface area contributed by atoms with Crippen molar-refractivity contribution in [3.05, 3.63) is 67.0 Å². The van der Waals surface area contributed by atoms with Gasteiger partial charge in [0.15, 0.2) is 11.5 Å². The van der Waals surface area contributed by atoms with Gasteiger partial charge in [-0.1, -0.05) is 31.2 Å². The molecule has 0 amide bonds. The molecule has 4 aromatic rings. The highest BCUT2D eigenvalue weighted by atomic mass is 32.2. The maximum atomic E-state index is 14.5. The Balaban J connectivity index is 1.59. The average Bonchev–Trinajstić information content (AvgIpc) is 3.27. The first-order chi connectivity index (χ1) is 14.7. The summed E-state index contributed by atoms with van der Waals surface area (Å²) in [5.74, 6) is 1.12. The number of fused-ring (bicyclic) bond motifs is 2. The standard InChI is InChI=1S/C21H18FN7S/c1-2-15(27-20-17-19(24-11-23-17)25-12-26-20)21-28-16-10-6-9-14(22)18(16)30-29(21)13-7-4-3-5-8-13/h3-12,15H,2H2,1H3,(H2,23,24,25,26,27). The zero-order valence-corrected chi connectivity index (χ0v) is 16.9. The minimum absolute atomic E-state index is 0.177. The lowest BCUT2D eigenvalue weighted by Gasteiger charge is -2.33. The molecular weight excluding hydrogens is 401 g/mol. The number of imidazole rings is 1. The molecule has 2 aromatic carbocycles. The first kappa shape index (κ1) is 18.6. The quantitative estimate of drug-likeness (QED) is 0.446. The van der Waals surface area contributed by atoms with Crippen molar-refractivity contribution in [3.8, 4) is 0 Å². The van der Waals surface area contributed by atoms with Crippen LogP contribution in [0.25, 0.3) is 11.2 Å². The minimum atomic E-state index is -0.281. The minimum Gasteiger partial charge on any atom is -0.358 e. The topological polar surface area (TPSA) is 82.1 Å². The van der Waals surface area contributed by atoms with Crippen molar-refractivity contribution in [2.75, 3.05) is 9.62 Å². The molecule has 0 bridgehead atoms. The van der Waals surface area contributed by atoms with E-state index in [2.05, 4.69) is 32.2 Å². The summed E-state index contributed by atoms with van der Waals surface area (Å²) < 4.78 is 16.5. The van der Waals surface area contributed by atoms with Gasteiger partial charge in [-0.25, -0.2) is 24.3 Å². The summed E-state index contributed by atoms with van der Waals surface area (Å²) in [5.41, 5.74) is 2.87. The lowest BCUT2D eigenvalue weighted by molar-refractivity contribution is 0.602. The van der Waals surface area contributed by atoms with Gasteiger partial charge in [-0.15, -0.1) is 0 Å². The van der Waals surface area contributed by atoms with Gasteiger partial charge in [0.25, 0.3) is 0 Å². The van der Waals surface area contributed by atoms with E-state index in [-0.39, 0.29) is 11.9 Å². The lowest BCUT2D eigenvalue weighted by atomic mass is 10.1. The smallest absolute Gasteiger partial charge is 0.162 e. The van der Waals surface area contributed by atoms with E-state index in [0.29, 0.717) is 27.6 Å².